The van der Waals surface area contributed by atoms with Gasteiger partial charge in [-0.25, -0.2) is 9.78 Å². The molecule has 1 fully saturated rings. The smallest absolute Gasteiger partial charge is 0.337 e. The van der Waals surface area contributed by atoms with E-state index in [1.807, 2.05) is 19.9 Å². The molecule has 0 saturated carbocycles. The minimum absolute atomic E-state index is 0.0824. The Labute approximate surface area is 139 Å². The molecule has 23 heavy (non-hydrogen) atoms. The summed E-state index contributed by atoms with van der Waals surface area (Å²) in [6, 6.07) is 6.87. The van der Waals surface area contributed by atoms with Crippen LogP contribution in [0.4, 0.5) is 5.82 Å². The highest BCUT2D eigenvalue weighted by molar-refractivity contribution is 6.35. The van der Waals surface area contributed by atoms with Gasteiger partial charge < -0.3 is 15.1 Å². The fraction of sp³-hybridized carbons (Fsp3) is 0.412. The molecule has 1 aromatic heterocycles. The van der Waals surface area contributed by atoms with Crippen LogP contribution in [-0.2, 0) is 0 Å². The molecule has 0 bridgehead atoms. The number of hydrogen-bond acceptors (Lipinski definition) is 4. The van der Waals surface area contributed by atoms with Crippen molar-refractivity contribution in [2.45, 2.75) is 25.9 Å². The van der Waals surface area contributed by atoms with Gasteiger partial charge in [-0.15, -0.1) is 0 Å². The Bertz CT molecular complexity index is 770. The molecular weight excluding hydrogens is 316 g/mol. The molecule has 0 amide bonds. The number of aromatic carboxylic acids is 1. The van der Waals surface area contributed by atoms with Crippen molar-refractivity contribution in [1.29, 1.82) is 0 Å². The SMILES string of the molecule is CC(C)(O)[C@H]1CCN(c2ccc3c(C(=O)O)c(Cl)ccc3n2)C1. The van der Waals surface area contributed by atoms with Crippen LogP contribution >= 0.6 is 11.6 Å². The largest absolute Gasteiger partial charge is 0.478 e. The van der Waals surface area contributed by atoms with Gasteiger partial charge in [-0.05, 0) is 44.5 Å². The summed E-state index contributed by atoms with van der Waals surface area (Å²) in [6.45, 7) is 5.22. The molecule has 3 rings (SSSR count). The van der Waals surface area contributed by atoms with Gasteiger partial charge in [0.1, 0.15) is 5.82 Å². The number of fused-ring (bicyclic) bond motifs is 1. The molecule has 0 aliphatic carbocycles. The van der Waals surface area contributed by atoms with E-state index in [0.29, 0.717) is 10.9 Å². The van der Waals surface area contributed by atoms with E-state index in [0.717, 1.165) is 25.3 Å². The molecular formula is C17H19ClN2O3. The maximum atomic E-state index is 11.4. The van der Waals surface area contributed by atoms with E-state index in [-0.39, 0.29) is 16.5 Å². The highest BCUT2D eigenvalue weighted by Gasteiger charge is 2.34. The predicted octanol–water partition coefficient (Wildman–Crippen LogP) is 3.18. The second-order valence-electron chi connectivity index (χ2n) is 6.55. The van der Waals surface area contributed by atoms with Gasteiger partial charge in [-0.2, -0.15) is 0 Å². The summed E-state index contributed by atoms with van der Waals surface area (Å²) in [5.41, 5.74) is -0.0229. The number of rotatable bonds is 3. The minimum Gasteiger partial charge on any atom is -0.478 e. The van der Waals surface area contributed by atoms with Gasteiger partial charge in [-0.3, -0.25) is 0 Å². The molecule has 1 saturated heterocycles. The number of halogens is 1. The van der Waals surface area contributed by atoms with E-state index < -0.39 is 11.6 Å². The number of carboxylic acids is 1. The van der Waals surface area contributed by atoms with Crippen molar-refractivity contribution in [3.05, 3.63) is 34.9 Å². The van der Waals surface area contributed by atoms with Gasteiger partial charge in [-0.1, -0.05) is 11.6 Å². The second-order valence-corrected chi connectivity index (χ2v) is 6.96. The van der Waals surface area contributed by atoms with Crippen molar-refractivity contribution in [2.24, 2.45) is 5.92 Å². The van der Waals surface area contributed by atoms with Crippen molar-refractivity contribution in [1.82, 2.24) is 4.98 Å². The topological polar surface area (TPSA) is 73.7 Å². The van der Waals surface area contributed by atoms with Crippen LogP contribution in [0.5, 0.6) is 0 Å². The van der Waals surface area contributed by atoms with E-state index in [4.69, 9.17) is 11.6 Å². The maximum Gasteiger partial charge on any atom is 0.337 e. The van der Waals surface area contributed by atoms with Crippen molar-refractivity contribution in [3.63, 3.8) is 0 Å². The van der Waals surface area contributed by atoms with E-state index in [9.17, 15) is 15.0 Å². The molecule has 2 heterocycles. The van der Waals surface area contributed by atoms with Crippen LogP contribution in [0, 0.1) is 5.92 Å². The van der Waals surface area contributed by atoms with Gasteiger partial charge in [0.05, 0.1) is 21.7 Å². The third-order valence-corrected chi connectivity index (χ3v) is 4.85. The summed E-state index contributed by atoms with van der Waals surface area (Å²) < 4.78 is 0. The number of pyridine rings is 1. The predicted molar refractivity (Wildman–Crippen MR) is 90.3 cm³/mol. The first-order valence-corrected chi connectivity index (χ1v) is 7.95. The zero-order chi connectivity index (χ0) is 16.8. The summed E-state index contributed by atoms with van der Waals surface area (Å²) in [5.74, 6) is -0.0684. The molecule has 1 aliphatic rings. The summed E-state index contributed by atoms with van der Waals surface area (Å²) in [4.78, 5) is 18.1. The molecule has 6 heteroatoms. The number of benzene rings is 1. The Morgan fingerprint density at radius 1 is 1.35 bits per heavy atom. The minimum atomic E-state index is -1.06. The molecule has 122 valence electrons. The third-order valence-electron chi connectivity index (χ3n) is 4.53. The van der Waals surface area contributed by atoms with E-state index in [1.54, 1.807) is 18.2 Å². The van der Waals surface area contributed by atoms with Crippen LogP contribution in [0.1, 0.15) is 30.6 Å². The fourth-order valence-corrected chi connectivity index (χ4v) is 3.35. The normalized spacial score (nSPS) is 18.6. The Morgan fingerprint density at radius 3 is 2.70 bits per heavy atom. The van der Waals surface area contributed by atoms with Crippen molar-refractivity contribution < 1.29 is 15.0 Å². The molecule has 1 atom stereocenters. The Morgan fingerprint density at radius 2 is 2.09 bits per heavy atom. The number of aromatic nitrogens is 1. The van der Waals surface area contributed by atoms with Gasteiger partial charge in [0.15, 0.2) is 0 Å². The van der Waals surface area contributed by atoms with E-state index >= 15 is 0 Å². The average Bonchev–Trinajstić information content (AvgIpc) is 2.96. The zero-order valence-corrected chi connectivity index (χ0v) is 13.8. The lowest BCUT2D eigenvalue weighted by Crippen LogP contribution is -2.33. The summed E-state index contributed by atoms with van der Waals surface area (Å²) in [5, 5.41) is 20.2. The number of anilines is 1. The van der Waals surface area contributed by atoms with Crippen LogP contribution in [0.2, 0.25) is 5.02 Å². The van der Waals surface area contributed by atoms with E-state index in [1.165, 1.54) is 0 Å². The van der Waals surface area contributed by atoms with Crippen LogP contribution in [0.25, 0.3) is 10.9 Å². The first kappa shape index (κ1) is 16.0. The summed E-state index contributed by atoms with van der Waals surface area (Å²) in [6.07, 6.45) is 0.907. The Balaban J connectivity index is 1.96. The number of carbonyl (C=O) groups is 1. The fourth-order valence-electron chi connectivity index (χ4n) is 3.11. The molecule has 0 unspecified atom stereocenters. The van der Waals surface area contributed by atoms with E-state index in [2.05, 4.69) is 9.88 Å². The molecule has 2 aromatic rings. The number of carboxylic acid groups (broad SMARTS) is 1. The monoisotopic (exact) mass is 334 g/mol. The lowest BCUT2D eigenvalue weighted by molar-refractivity contribution is 0.0263. The van der Waals surface area contributed by atoms with Crippen LogP contribution < -0.4 is 4.90 Å². The maximum absolute atomic E-state index is 11.4. The molecule has 1 aromatic carbocycles. The van der Waals surface area contributed by atoms with Gasteiger partial charge in [0, 0.05) is 24.4 Å². The number of aliphatic hydroxyl groups is 1. The lowest BCUT2D eigenvalue weighted by atomic mass is 9.90. The molecule has 0 radical (unpaired) electrons. The first-order chi connectivity index (χ1) is 10.8. The molecule has 1 aliphatic heterocycles. The zero-order valence-electron chi connectivity index (χ0n) is 13.1. The van der Waals surface area contributed by atoms with Crippen LogP contribution in [0.15, 0.2) is 24.3 Å². The second kappa shape index (κ2) is 5.65. The van der Waals surface area contributed by atoms with Crippen molar-refractivity contribution >= 4 is 34.3 Å². The van der Waals surface area contributed by atoms with Gasteiger partial charge >= 0.3 is 5.97 Å². The Hall–Kier alpha value is -1.85. The van der Waals surface area contributed by atoms with Crippen molar-refractivity contribution in [2.75, 3.05) is 18.0 Å². The number of hydrogen-bond donors (Lipinski definition) is 2. The average molecular weight is 335 g/mol. The third kappa shape index (κ3) is 2.99. The quantitative estimate of drug-likeness (QED) is 0.901. The Kier molecular flexibility index (Phi) is 3.94. The van der Waals surface area contributed by atoms with Gasteiger partial charge in [0.2, 0.25) is 0 Å². The highest BCUT2D eigenvalue weighted by Crippen LogP contribution is 2.32. The highest BCUT2D eigenvalue weighted by atomic mass is 35.5. The summed E-state index contributed by atoms with van der Waals surface area (Å²) >= 11 is 5.99. The van der Waals surface area contributed by atoms with Gasteiger partial charge in [0.25, 0.3) is 0 Å². The summed E-state index contributed by atoms with van der Waals surface area (Å²) in [7, 11) is 0. The first-order valence-electron chi connectivity index (χ1n) is 7.57. The molecule has 5 nitrogen and oxygen atoms in total. The molecule has 0 spiro atoms. The van der Waals surface area contributed by atoms with Crippen LogP contribution in [-0.4, -0.2) is 39.9 Å². The van der Waals surface area contributed by atoms with Crippen molar-refractivity contribution in [3.8, 4) is 0 Å². The molecule has 2 N–H and O–H groups in total. The van der Waals surface area contributed by atoms with Crippen LogP contribution in [0.3, 0.4) is 0 Å². The number of nitrogens with zero attached hydrogens (tertiary/aromatic N) is 2. The standard InChI is InChI=1S/C17H19ClN2O3/c1-17(2,23)10-7-8-20(9-10)14-6-3-11-13(19-14)5-4-12(18)15(11)16(21)22/h3-6,10,23H,7-9H2,1-2H3,(H,21,22)/t10-/m0/s1. The lowest BCUT2D eigenvalue weighted by Gasteiger charge is -2.26.